The normalized spacial score (nSPS) is 18.6. The number of fused-ring (bicyclic) bond motifs is 4. The summed E-state index contributed by atoms with van der Waals surface area (Å²) in [4.78, 5) is 46.9. The maximum absolute atomic E-state index is 14.1. The molecule has 1 aromatic carbocycles. The van der Waals surface area contributed by atoms with E-state index in [0.717, 1.165) is 0 Å². The number of likely N-dealkylation sites (N-methyl/N-ethyl adjacent to an activating group) is 1. The van der Waals surface area contributed by atoms with Crippen molar-refractivity contribution in [1.82, 2.24) is 9.55 Å². The number of aromatic nitrogens is 2. The number of esters is 1. The first-order chi connectivity index (χ1) is 16.3. The maximum Gasteiger partial charge on any atom is 0.340 e. The molecule has 9 heteroatoms. The van der Waals surface area contributed by atoms with E-state index in [1.54, 1.807) is 62.6 Å². The van der Waals surface area contributed by atoms with Crippen LogP contribution in [0.2, 0.25) is 0 Å². The van der Waals surface area contributed by atoms with Gasteiger partial charge in [-0.2, -0.15) is 0 Å². The van der Waals surface area contributed by atoms with Gasteiger partial charge in [-0.05, 0) is 25.1 Å². The highest BCUT2D eigenvalue weighted by Gasteiger charge is 2.61. The van der Waals surface area contributed by atoms with Gasteiger partial charge in [-0.1, -0.05) is 24.3 Å². The number of para-hydroxylation sites is 1. The number of rotatable bonds is 3. The van der Waals surface area contributed by atoms with Gasteiger partial charge in [0.2, 0.25) is 11.8 Å². The number of methoxy groups -OCH3 is 1. The van der Waals surface area contributed by atoms with Crippen LogP contribution in [0.25, 0.3) is 0 Å². The number of nitrogens with two attached hydrogens (primary N) is 1. The van der Waals surface area contributed by atoms with Crippen LogP contribution in [0.1, 0.15) is 22.5 Å². The zero-order valence-electron chi connectivity index (χ0n) is 18.9. The first-order valence-electron chi connectivity index (χ1n) is 10.6. The van der Waals surface area contributed by atoms with Gasteiger partial charge in [-0.25, -0.2) is 4.79 Å². The van der Waals surface area contributed by atoms with Crippen molar-refractivity contribution in [3.05, 3.63) is 99.1 Å². The highest BCUT2D eigenvalue weighted by Crippen LogP contribution is 2.54. The Balaban J connectivity index is 1.88. The monoisotopic (exact) mass is 458 g/mol. The lowest BCUT2D eigenvalue weighted by Gasteiger charge is -2.35. The molecule has 3 aromatic rings. The molecular weight excluding hydrogens is 436 g/mol. The molecule has 0 fully saturated rings. The summed E-state index contributed by atoms with van der Waals surface area (Å²) < 4.78 is 12.3. The van der Waals surface area contributed by atoms with Crippen LogP contribution in [0.15, 0.2) is 71.0 Å². The van der Waals surface area contributed by atoms with Crippen LogP contribution < -0.4 is 20.9 Å². The third-order valence-corrected chi connectivity index (χ3v) is 6.42. The van der Waals surface area contributed by atoms with Gasteiger partial charge in [0.05, 0.1) is 24.9 Å². The second-order valence-electron chi connectivity index (χ2n) is 8.20. The molecule has 1 amide bonds. The molecule has 5 rings (SSSR count). The fraction of sp³-hybridized carbons (Fsp3) is 0.200. The molecular formula is C25H22N4O5. The van der Waals surface area contributed by atoms with E-state index in [2.05, 4.69) is 4.98 Å². The van der Waals surface area contributed by atoms with Gasteiger partial charge in [-0.15, -0.1) is 0 Å². The Hall–Kier alpha value is -4.40. The quantitative estimate of drug-likeness (QED) is 0.593. The lowest BCUT2D eigenvalue weighted by atomic mass is 9.68. The molecule has 9 nitrogen and oxygen atoms in total. The SMILES string of the molecule is COC(=O)C1=C(N)Oc2cc(C)n(Cc3ccccn3)c(=O)c2[C@@]12C(=O)N(C)c1ccccc12. The number of anilines is 1. The number of ether oxygens (including phenoxy) is 2. The number of hydrogen-bond donors (Lipinski definition) is 1. The molecule has 2 N–H and O–H groups in total. The van der Waals surface area contributed by atoms with Crippen molar-refractivity contribution < 1.29 is 19.1 Å². The summed E-state index contributed by atoms with van der Waals surface area (Å²) in [6.07, 6.45) is 1.64. The molecule has 0 aliphatic carbocycles. The zero-order valence-corrected chi connectivity index (χ0v) is 18.9. The summed E-state index contributed by atoms with van der Waals surface area (Å²) in [5.41, 5.74) is 6.01. The predicted molar refractivity (Wildman–Crippen MR) is 123 cm³/mol. The number of aryl methyl sites for hydroxylation is 1. The van der Waals surface area contributed by atoms with E-state index in [1.165, 1.54) is 16.6 Å². The molecule has 1 atom stereocenters. The van der Waals surface area contributed by atoms with E-state index in [4.69, 9.17) is 15.2 Å². The summed E-state index contributed by atoms with van der Waals surface area (Å²) in [6, 6.07) is 14.1. The smallest absolute Gasteiger partial charge is 0.340 e. The lowest BCUT2D eigenvalue weighted by Crippen LogP contribution is -2.51. The Morgan fingerprint density at radius 3 is 2.62 bits per heavy atom. The van der Waals surface area contributed by atoms with Crippen molar-refractivity contribution in [1.29, 1.82) is 0 Å². The number of benzene rings is 1. The van der Waals surface area contributed by atoms with Crippen molar-refractivity contribution in [2.24, 2.45) is 5.73 Å². The number of carbonyl (C=O) groups is 2. The highest BCUT2D eigenvalue weighted by atomic mass is 16.5. The molecule has 2 aliphatic rings. The lowest BCUT2D eigenvalue weighted by molar-refractivity contribution is -0.138. The largest absolute Gasteiger partial charge is 0.465 e. The standard InChI is InChI=1S/C25H22N4O5/c1-14-12-18-19(22(30)29(14)13-15-8-6-7-11-27-15)25(20(21(26)34-18)23(31)33-3)16-9-4-5-10-17(16)28(2)24(25)32/h4-12H,13,26H2,1-3H3/t25-/m1/s1. The molecule has 172 valence electrons. The van der Waals surface area contributed by atoms with Crippen molar-refractivity contribution >= 4 is 17.6 Å². The Morgan fingerprint density at radius 1 is 1.18 bits per heavy atom. The summed E-state index contributed by atoms with van der Waals surface area (Å²) in [6.45, 7) is 1.93. The molecule has 0 unspecified atom stereocenters. The molecule has 34 heavy (non-hydrogen) atoms. The molecule has 0 saturated carbocycles. The summed E-state index contributed by atoms with van der Waals surface area (Å²) >= 11 is 0. The van der Waals surface area contributed by atoms with E-state index >= 15 is 0 Å². The minimum absolute atomic E-state index is 0.0189. The van der Waals surface area contributed by atoms with Gasteiger partial charge >= 0.3 is 5.97 Å². The molecule has 0 bridgehead atoms. The Labute approximate surface area is 195 Å². The van der Waals surface area contributed by atoms with Gasteiger partial charge in [0, 0.05) is 36.3 Å². The first-order valence-corrected chi connectivity index (χ1v) is 10.6. The van der Waals surface area contributed by atoms with E-state index in [1.807, 2.05) is 6.07 Å². The number of nitrogens with zero attached hydrogens (tertiary/aromatic N) is 3. The third kappa shape index (κ3) is 2.73. The second-order valence-corrected chi connectivity index (χ2v) is 8.20. The van der Waals surface area contributed by atoms with Crippen LogP contribution in [0.4, 0.5) is 5.69 Å². The van der Waals surface area contributed by atoms with Crippen LogP contribution in [0.5, 0.6) is 5.75 Å². The molecule has 4 heterocycles. The predicted octanol–water partition coefficient (Wildman–Crippen LogP) is 1.60. The first kappa shape index (κ1) is 21.4. The van der Waals surface area contributed by atoms with Crippen LogP contribution >= 0.6 is 0 Å². The van der Waals surface area contributed by atoms with Crippen molar-refractivity contribution in [2.45, 2.75) is 18.9 Å². The molecule has 0 radical (unpaired) electrons. The Kier molecular flexibility index (Phi) is 4.78. The van der Waals surface area contributed by atoms with E-state index in [-0.39, 0.29) is 29.3 Å². The van der Waals surface area contributed by atoms with Crippen LogP contribution in [0, 0.1) is 6.92 Å². The summed E-state index contributed by atoms with van der Waals surface area (Å²) in [7, 11) is 2.78. The zero-order chi connectivity index (χ0) is 24.2. The minimum Gasteiger partial charge on any atom is -0.465 e. The number of hydrogen-bond acceptors (Lipinski definition) is 7. The van der Waals surface area contributed by atoms with Gasteiger partial charge in [0.15, 0.2) is 0 Å². The Bertz CT molecular complexity index is 1440. The third-order valence-electron chi connectivity index (χ3n) is 6.42. The summed E-state index contributed by atoms with van der Waals surface area (Å²) in [5.74, 6) is -1.49. The van der Waals surface area contributed by atoms with E-state index in [9.17, 15) is 14.4 Å². The average molecular weight is 458 g/mol. The average Bonchev–Trinajstić information content (AvgIpc) is 3.04. The fourth-order valence-corrected chi connectivity index (χ4v) is 4.89. The Morgan fingerprint density at radius 2 is 1.91 bits per heavy atom. The van der Waals surface area contributed by atoms with Crippen molar-refractivity contribution in [3.63, 3.8) is 0 Å². The molecule has 0 saturated heterocycles. The van der Waals surface area contributed by atoms with E-state index in [0.29, 0.717) is 22.6 Å². The van der Waals surface area contributed by atoms with Gasteiger partial charge in [-0.3, -0.25) is 14.6 Å². The number of pyridine rings is 2. The highest BCUT2D eigenvalue weighted by molar-refractivity contribution is 6.18. The van der Waals surface area contributed by atoms with Crippen molar-refractivity contribution in [2.75, 3.05) is 19.1 Å². The molecule has 2 aliphatic heterocycles. The maximum atomic E-state index is 14.1. The molecule has 2 aromatic heterocycles. The minimum atomic E-state index is -1.81. The molecule has 1 spiro atoms. The number of carbonyl (C=O) groups excluding carboxylic acids is 2. The van der Waals surface area contributed by atoms with Gasteiger partial charge < -0.3 is 24.7 Å². The number of amides is 1. The van der Waals surface area contributed by atoms with Crippen LogP contribution in [0.3, 0.4) is 0 Å². The topological polar surface area (TPSA) is 117 Å². The van der Waals surface area contributed by atoms with Gasteiger partial charge in [0.1, 0.15) is 16.7 Å². The summed E-state index contributed by atoms with van der Waals surface area (Å²) in [5, 5.41) is 0. The second kappa shape index (κ2) is 7.58. The fourth-order valence-electron chi connectivity index (χ4n) is 4.89. The van der Waals surface area contributed by atoms with Crippen LogP contribution in [-0.2, 0) is 26.3 Å². The van der Waals surface area contributed by atoms with Gasteiger partial charge in [0.25, 0.3) is 5.56 Å². The van der Waals surface area contributed by atoms with Crippen LogP contribution in [-0.4, -0.2) is 35.6 Å². The van der Waals surface area contributed by atoms with E-state index < -0.39 is 22.9 Å². The van der Waals surface area contributed by atoms with Crippen molar-refractivity contribution in [3.8, 4) is 5.75 Å².